The molecule has 0 aliphatic heterocycles. The molecule has 0 radical (unpaired) electrons. The summed E-state index contributed by atoms with van der Waals surface area (Å²) in [6, 6.07) is 10.5. The van der Waals surface area contributed by atoms with Crippen molar-refractivity contribution in [1.82, 2.24) is 4.98 Å². The molecule has 2 nitrogen and oxygen atoms in total. The van der Waals surface area contributed by atoms with E-state index in [4.69, 9.17) is 0 Å². The first-order chi connectivity index (χ1) is 13.1. The van der Waals surface area contributed by atoms with Gasteiger partial charge in [0.15, 0.2) is 0 Å². The van der Waals surface area contributed by atoms with Crippen LogP contribution >= 0.6 is 0 Å². The second-order valence-electron chi connectivity index (χ2n) is 6.05. The minimum atomic E-state index is -4.53. The van der Waals surface area contributed by atoms with Crippen molar-refractivity contribution in [2.45, 2.75) is 19.0 Å². The van der Waals surface area contributed by atoms with Crippen LogP contribution in [-0.2, 0) is 19.0 Å². The molecule has 1 heterocycles. The highest BCUT2D eigenvalue weighted by Gasteiger charge is 2.31. The molecule has 3 aromatic rings. The van der Waals surface area contributed by atoms with Crippen LogP contribution in [0.2, 0.25) is 0 Å². The highest BCUT2D eigenvalue weighted by Crippen LogP contribution is 2.35. The van der Waals surface area contributed by atoms with E-state index in [0.29, 0.717) is 5.56 Å². The molecule has 0 amide bonds. The lowest BCUT2D eigenvalue weighted by atomic mass is 9.99. The Morgan fingerprint density at radius 2 is 1.25 bits per heavy atom. The van der Waals surface area contributed by atoms with Gasteiger partial charge in [-0.15, -0.1) is 0 Å². The Morgan fingerprint density at radius 1 is 0.714 bits per heavy atom. The molecule has 0 aliphatic rings. The molecule has 0 unspecified atom stereocenters. The van der Waals surface area contributed by atoms with E-state index in [0.717, 1.165) is 24.3 Å². The van der Waals surface area contributed by atoms with Gasteiger partial charge in [-0.25, -0.2) is 0 Å². The topological polar surface area (TPSA) is 33.1 Å². The van der Waals surface area contributed by atoms with E-state index in [1.54, 1.807) is 0 Å². The summed E-state index contributed by atoms with van der Waals surface area (Å²) in [4.78, 5) is 4.10. The zero-order chi connectivity index (χ0) is 20.5. The van der Waals surface area contributed by atoms with Crippen molar-refractivity contribution in [3.05, 3.63) is 77.5 Å². The molecule has 3 rings (SSSR count). The summed E-state index contributed by atoms with van der Waals surface area (Å²) in [7, 11) is 0. The van der Waals surface area contributed by atoms with Gasteiger partial charge in [-0.3, -0.25) is 4.98 Å². The number of hydrogen-bond donors (Lipinski definition) is 1. The highest BCUT2D eigenvalue weighted by atomic mass is 19.4. The van der Waals surface area contributed by atoms with Gasteiger partial charge in [-0.05, 0) is 35.9 Å². The molecule has 1 aromatic heterocycles. The number of nitrogens with zero attached hydrogens (tertiary/aromatic N) is 1. The molecule has 2 aromatic carbocycles. The minimum Gasteiger partial charge on any atom is -0.392 e. The zero-order valence-corrected chi connectivity index (χ0v) is 14.1. The number of aliphatic hydroxyl groups is 1. The molecule has 0 atom stereocenters. The number of rotatable bonds is 3. The fraction of sp³-hybridized carbons (Fsp3) is 0.150. The average Bonchev–Trinajstić information content (AvgIpc) is 2.66. The third-order valence-corrected chi connectivity index (χ3v) is 4.12. The molecule has 1 N–H and O–H groups in total. The number of alkyl halides is 6. The smallest absolute Gasteiger partial charge is 0.392 e. The van der Waals surface area contributed by atoms with E-state index in [9.17, 15) is 31.4 Å². The van der Waals surface area contributed by atoms with Gasteiger partial charge >= 0.3 is 12.4 Å². The summed E-state index contributed by atoms with van der Waals surface area (Å²) in [6.45, 7) is -0.536. The minimum absolute atomic E-state index is 0.129. The van der Waals surface area contributed by atoms with Gasteiger partial charge in [0, 0.05) is 22.9 Å². The van der Waals surface area contributed by atoms with Gasteiger partial charge in [0.05, 0.1) is 23.4 Å². The van der Waals surface area contributed by atoms with Crippen LogP contribution in [0.25, 0.3) is 22.4 Å². The monoisotopic (exact) mass is 397 g/mol. The van der Waals surface area contributed by atoms with Crippen molar-refractivity contribution in [2.75, 3.05) is 0 Å². The molecule has 146 valence electrons. The molecule has 0 saturated heterocycles. The number of aromatic nitrogens is 1. The van der Waals surface area contributed by atoms with Crippen LogP contribution in [0.1, 0.15) is 16.7 Å². The lowest BCUT2D eigenvalue weighted by Gasteiger charge is -2.13. The van der Waals surface area contributed by atoms with E-state index in [1.807, 2.05) is 0 Å². The van der Waals surface area contributed by atoms with Crippen LogP contribution in [0.3, 0.4) is 0 Å². The van der Waals surface area contributed by atoms with E-state index in [-0.39, 0.29) is 22.4 Å². The maximum atomic E-state index is 12.9. The van der Waals surface area contributed by atoms with Gasteiger partial charge in [-0.2, -0.15) is 26.3 Å². The fourth-order valence-electron chi connectivity index (χ4n) is 2.77. The third-order valence-electron chi connectivity index (χ3n) is 4.12. The van der Waals surface area contributed by atoms with Crippen LogP contribution in [0.15, 0.2) is 60.8 Å². The maximum Gasteiger partial charge on any atom is 0.416 e. The van der Waals surface area contributed by atoms with Crippen molar-refractivity contribution in [3.63, 3.8) is 0 Å². The van der Waals surface area contributed by atoms with Crippen LogP contribution in [0.4, 0.5) is 26.3 Å². The van der Waals surface area contributed by atoms with Crippen molar-refractivity contribution < 1.29 is 31.4 Å². The van der Waals surface area contributed by atoms with Crippen molar-refractivity contribution in [1.29, 1.82) is 0 Å². The van der Waals surface area contributed by atoms with Crippen LogP contribution in [-0.4, -0.2) is 10.1 Å². The zero-order valence-electron chi connectivity index (χ0n) is 14.1. The Labute approximate surface area is 156 Å². The number of halogens is 6. The summed E-state index contributed by atoms with van der Waals surface area (Å²) >= 11 is 0. The predicted octanol–water partition coefficient (Wildman–Crippen LogP) is 5.95. The predicted molar refractivity (Wildman–Crippen MR) is 91.0 cm³/mol. The molecule has 0 saturated carbocycles. The second kappa shape index (κ2) is 7.27. The van der Waals surface area contributed by atoms with Crippen molar-refractivity contribution >= 4 is 0 Å². The molecular weight excluding hydrogens is 384 g/mol. The van der Waals surface area contributed by atoms with Crippen LogP contribution in [0.5, 0.6) is 0 Å². The summed E-state index contributed by atoms with van der Waals surface area (Å²) < 4.78 is 77.5. The van der Waals surface area contributed by atoms with Gasteiger partial charge < -0.3 is 5.11 Å². The van der Waals surface area contributed by atoms with Gasteiger partial charge in [0.1, 0.15) is 0 Å². The quantitative estimate of drug-likeness (QED) is 0.555. The SMILES string of the molecule is OCc1cc(-c2cccc(C(F)(F)F)c2)cnc1-c1cccc(C(F)(F)F)c1. The molecule has 0 spiro atoms. The number of aliphatic hydroxyl groups excluding tert-OH is 1. The molecular formula is C20H13F6NO. The largest absolute Gasteiger partial charge is 0.416 e. The Balaban J connectivity index is 2.05. The van der Waals surface area contributed by atoms with Crippen LogP contribution in [0, 0.1) is 0 Å². The summed E-state index contributed by atoms with van der Waals surface area (Å²) in [5, 5.41) is 9.62. The third kappa shape index (κ3) is 4.17. The molecule has 0 fully saturated rings. The molecule has 0 bridgehead atoms. The lowest BCUT2D eigenvalue weighted by Crippen LogP contribution is -2.05. The molecule has 0 aliphatic carbocycles. The van der Waals surface area contributed by atoms with E-state index in [2.05, 4.69) is 4.98 Å². The first-order valence-electron chi connectivity index (χ1n) is 8.04. The van der Waals surface area contributed by atoms with Crippen LogP contribution < -0.4 is 0 Å². The standard InChI is InChI=1S/C20H13F6NO/c21-19(22,23)16-5-1-3-12(8-16)14-7-15(11-28)18(27-10-14)13-4-2-6-17(9-13)20(24,25)26/h1-10,28H,11H2. The Hall–Kier alpha value is -2.87. The summed E-state index contributed by atoms with van der Waals surface area (Å²) in [5.41, 5.74) is -0.679. The number of pyridine rings is 1. The van der Waals surface area contributed by atoms with E-state index >= 15 is 0 Å². The summed E-state index contributed by atoms with van der Waals surface area (Å²) in [6.07, 6.45) is -7.78. The maximum absolute atomic E-state index is 12.9. The first kappa shape index (κ1) is 19.9. The van der Waals surface area contributed by atoms with Gasteiger partial charge in [0.25, 0.3) is 0 Å². The van der Waals surface area contributed by atoms with E-state index in [1.165, 1.54) is 36.5 Å². The number of benzene rings is 2. The average molecular weight is 397 g/mol. The summed E-state index contributed by atoms with van der Waals surface area (Å²) in [5.74, 6) is 0. The van der Waals surface area contributed by atoms with Crippen molar-refractivity contribution in [3.8, 4) is 22.4 Å². The Kier molecular flexibility index (Phi) is 5.16. The molecule has 8 heteroatoms. The Bertz CT molecular complexity index is 994. The highest BCUT2D eigenvalue weighted by molar-refractivity contribution is 5.70. The number of hydrogen-bond acceptors (Lipinski definition) is 2. The normalized spacial score (nSPS) is 12.2. The van der Waals surface area contributed by atoms with E-state index < -0.39 is 30.1 Å². The van der Waals surface area contributed by atoms with Gasteiger partial charge in [-0.1, -0.05) is 24.3 Å². The Morgan fingerprint density at radius 3 is 1.79 bits per heavy atom. The van der Waals surface area contributed by atoms with Crippen molar-refractivity contribution in [2.24, 2.45) is 0 Å². The first-order valence-corrected chi connectivity index (χ1v) is 8.04. The van der Waals surface area contributed by atoms with Gasteiger partial charge in [0.2, 0.25) is 0 Å². The molecule has 28 heavy (non-hydrogen) atoms. The fourth-order valence-corrected chi connectivity index (χ4v) is 2.77. The second-order valence-corrected chi connectivity index (χ2v) is 6.05. The lowest BCUT2D eigenvalue weighted by molar-refractivity contribution is -0.138.